The van der Waals surface area contributed by atoms with Gasteiger partial charge in [-0.1, -0.05) is 20.8 Å². The van der Waals surface area contributed by atoms with Gasteiger partial charge in [0.2, 0.25) is 0 Å². The molecule has 3 unspecified atom stereocenters. The van der Waals surface area contributed by atoms with Gasteiger partial charge in [0.25, 0.3) is 0 Å². The lowest BCUT2D eigenvalue weighted by molar-refractivity contribution is -0.106. The molecule has 0 aliphatic carbocycles. The van der Waals surface area contributed by atoms with Crippen LogP contribution in [-0.2, 0) is 4.74 Å². The average Bonchev–Trinajstić information content (AvgIpc) is 2.52. The second-order valence-corrected chi connectivity index (χ2v) is 9.31. The number of hydrogen-bond acceptors (Lipinski definition) is 4. The fraction of sp³-hybridized carbons (Fsp3) is 1.00. The van der Waals surface area contributed by atoms with Crippen LogP contribution in [0, 0.1) is 5.92 Å². The van der Waals surface area contributed by atoms with Crippen molar-refractivity contribution >= 4 is 23.5 Å². The van der Waals surface area contributed by atoms with Crippen molar-refractivity contribution in [3.05, 3.63) is 0 Å². The first kappa shape index (κ1) is 18.0. The summed E-state index contributed by atoms with van der Waals surface area (Å²) in [5, 5.41) is 4.56. The summed E-state index contributed by atoms with van der Waals surface area (Å²) in [7, 11) is 0. The fourth-order valence-corrected chi connectivity index (χ4v) is 5.91. The van der Waals surface area contributed by atoms with Crippen molar-refractivity contribution < 1.29 is 4.74 Å². The van der Waals surface area contributed by atoms with Gasteiger partial charge in [0.1, 0.15) is 0 Å². The first-order chi connectivity index (χ1) is 10.2. The van der Waals surface area contributed by atoms with Gasteiger partial charge in [0.05, 0.1) is 5.60 Å². The molecule has 1 spiro atoms. The Kier molecular flexibility index (Phi) is 7.74. The van der Waals surface area contributed by atoms with Crippen molar-refractivity contribution in [2.24, 2.45) is 5.92 Å². The molecule has 2 nitrogen and oxygen atoms in total. The van der Waals surface area contributed by atoms with Crippen LogP contribution in [0.15, 0.2) is 0 Å². The second kappa shape index (κ2) is 9.05. The quantitative estimate of drug-likeness (QED) is 0.755. The third-order valence-corrected chi connectivity index (χ3v) is 7.55. The Morgan fingerprint density at radius 1 is 1.33 bits per heavy atom. The molecule has 0 aromatic heterocycles. The average molecular weight is 332 g/mol. The van der Waals surface area contributed by atoms with Crippen LogP contribution in [0.1, 0.15) is 52.9 Å². The van der Waals surface area contributed by atoms with E-state index in [0.717, 1.165) is 24.3 Å². The topological polar surface area (TPSA) is 21.3 Å². The maximum atomic E-state index is 6.26. The summed E-state index contributed by atoms with van der Waals surface area (Å²) in [6, 6.07) is 0.671. The second-order valence-electron chi connectivity index (χ2n) is 6.61. The SMILES string of the molecule is CCNC(CSC(C)CC)C1CCOC2(CCSCC2)C1. The van der Waals surface area contributed by atoms with Gasteiger partial charge in [-0.15, -0.1) is 0 Å². The molecule has 0 radical (unpaired) electrons. The first-order valence-electron chi connectivity index (χ1n) is 8.76. The summed E-state index contributed by atoms with van der Waals surface area (Å²) in [6.45, 7) is 8.96. The van der Waals surface area contributed by atoms with E-state index >= 15 is 0 Å². The van der Waals surface area contributed by atoms with Crippen LogP contribution < -0.4 is 5.32 Å². The third kappa shape index (κ3) is 5.33. The van der Waals surface area contributed by atoms with E-state index in [2.05, 4.69) is 49.6 Å². The highest BCUT2D eigenvalue weighted by Crippen LogP contribution is 2.41. The van der Waals surface area contributed by atoms with Gasteiger partial charge in [0, 0.05) is 23.7 Å². The largest absolute Gasteiger partial charge is 0.375 e. The van der Waals surface area contributed by atoms with E-state index in [1.54, 1.807) is 0 Å². The highest BCUT2D eigenvalue weighted by molar-refractivity contribution is 8.00. The molecule has 1 N–H and O–H groups in total. The van der Waals surface area contributed by atoms with Crippen LogP contribution in [0.2, 0.25) is 0 Å². The molecule has 2 heterocycles. The molecule has 3 atom stereocenters. The molecule has 2 rings (SSSR count). The molecule has 0 aromatic rings. The molecule has 2 aliphatic rings. The van der Waals surface area contributed by atoms with Crippen LogP contribution >= 0.6 is 23.5 Å². The van der Waals surface area contributed by atoms with Crippen molar-refractivity contribution in [1.82, 2.24) is 5.32 Å². The Bertz CT molecular complexity index is 289. The summed E-state index contributed by atoms with van der Waals surface area (Å²) >= 11 is 4.25. The zero-order valence-corrected chi connectivity index (χ0v) is 15.7. The number of hydrogen-bond donors (Lipinski definition) is 1. The van der Waals surface area contributed by atoms with E-state index in [-0.39, 0.29) is 5.60 Å². The summed E-state index contributed by atoms with van der Waals surface area (Å²) in [5.74, 6) is 4.65. The Balaban J connectivity index is 1.91. The zero-order valence-electron chi connectivity index (χ0n) is 14.0. The zero-order chi connectivity index (χ0) is 15.1. The van der Waals surface area contributed by atoms with Crippen LogP contribution in [0.25, 0.3) is 0 Å². The van der Waals surface area contributed by atoms with E-state index in [9.17, 15) is 0 Å². The van der Waals surface area contributed by atoms with Crippen molar-refractivity contribution in [2.45, 2.75) is 69.8 Å². The summed E-state index contributed by atoms with van der Waals surface area (Å²) in [6.07, 6.45) is 6.34. The minimum atomic E-state index is 0.225. The van der Waals surface area contributed by atoms with Crippen LogP contribution in [0.5, 0.6) is 0 Å². The third-order valence-electron chi connectivity index (χ3n) is 5.11. The van der Waals surface area contributed by atoms with E-state index < -0.39 is 0 Å². The Morgan fingerprint density at radius 2 is 2.10 bits per heavy atom. The molecule has 4 heteroatoms. The van der Waals surface area contributed by atoms with Gasteiger partial charge in [-0.05, 0) is 56.1 Å². The molecule has 0 bridgehead atoms. The first-order valence-corrected chi connectivity index (χ1v) is 11.0. The van der Waals surface area contributed by atoms with Crippen LogP contribution in [-0.4, -0.2) is 47.3 Å². The molecule has 0 saturated carbocycles. The normalized spacial score (nSPS) is 28.4. The van der Waals surface area contributed by atoms with Crippen LogP contribution in [0.3, 0.4) is 0 Å². The van der Waals surface area contributed by atoms with Crippen molar-refractivity contribution in [3.8, 4) is 0 Å². The van der Waals surface area contributed by atoms with Crippen molar-refractivity contribution in [2.75, 3.05) is 30.4 Å². The molecular formula is C17H33NOS2. The highest BCUT2D eigenvalue weighted by Gasteiger charge is 2.40. The lowest BCUT2D eigenvalue weighted by Gasteiger charge is -2.45. The van der Waals surface area contributed by atoms with E-state index in [0.29, 0.717) is 6.04 Å². The highest BCUT2D eigenvalue weighted by atomic mass is 32.2. The van der Waals surface area contributed by atoms with Gasteiger partial charge >= 0.3 is 0 Å². The number of rotatable bonds is 7. The molecule has 2 saturated heterocycles. The predicted molar refractivity (Wildman–Crippen MR) is 97.6 cm³/mol. The van der Waals surface area contributed by atoms with Gasteiger partial charge < -0.3 is 10.1 Å². The van der Waals surface area contributed by atoms with Gasteiger partial charge in [0.15, 0.2) is 0 Å². The molecule has 0 aromatic carbocycles. The lowest BCUT2D eigenvalue weighted by Crippen LogP contribution is -2.49. The Hall–Kier alpha value is 0.620. The monoisotopic (exact) mass is 331 g/mol. The smallest absolute Gasteiger partial charge is 0.0701 e. The summed E-state index contributed by atoms with van der Waals surface area (Å²) < 4.78 is 6.26. The Morgan fingerprint density at radius 3 is 2.76 bits per heavy atom. The van der Waals surface area contributed by atoms with Gasteiger partial charge in [-0.2, -0.15) is 23.5 Å². The molecular weight excluding hydrogens is 298 g/mol. The summed E-state index contributed by atoms with van der Waals surface area (Å²) in [5.41, 5.74) is 0.225. The maximum absolute atomic E-state index is 6.26. The minimum Gasteiger partial charge on any atom is -0.375 e. The Labute approximate surface area is 139 Å². The maximum Gasteiger partial charge on any atom is 0.0701 e. The lowest BCUT2D eigenvalue weighted by atomic mass is 9.79. The molecule has 2 aliphatic heterocycles. The summed E-state index contributed by atoms with van der Waals surface area (Å²) in [4.78, 5) is 0. The van der Waals surface area contributed by atoms with E-state index in [4.69, 9.17) is 4.74 Å². The van der Waals surface area contributed by atoms with Crippen molar-refractivity contribution in [1.29, 1.82) is 0 Å². The van der Waals surface area contributed by atoms with Crippen LogP contribution in [0.4, 0.5) is 0 Å². The molecule has 21 heavy (non-hydrogen) atoms. The standard InChI is InChI=1S/C17H33NOS2/c1-4-14(3)21-13-16(18-5-2)15-6-9-19-17(12-15)7-10-20-11-8-17/h14-16,18H,4-13H2,1-3H3. The molecule has 0 amide bonds. The minimum absolute atomic E-state index is 0.225. The predicted octanol–water partition coefficient (Wildman–Crippen LogP) is 4.19. The fourth-order valence-electron chi connectivity index (χ4n) is 3.51. The van der Waals surface area contributed by atoms with E-state index in [1.165, 1.54) is 49.4 Å². The van der Waals surface area contributed by atoms with Gasteiger partial charge in [-0.25, -0.2) is 0 Å². The molecule has 2 fully saturated rings. The van der Waals surface area contributed by atoms with E-state index in [1.807, 2.05) is 0 Å². The number of ether oxygens (including phenoxy) is 1. The number of nitrogens with one attached hydrogen (secondary N) is 1. The molecule has 124 valence electrons. The number of thioether (sulfide) groups is 2. The van der Waals surface area contributed by atoms with Crippen molar-refractivity contribution in [3.63, 3.8) is 0 Å². The van der Waals surface area contributed by atoms with Gasteiger partial charge in [-0.3, -0.25) is 0 Å².